The number of hydrogen-bond acceptors (Lipinski definition) is 5. The Morgan fingerprint density at radius 1 is 1.10 bits per heavy atom. The monoisotopic (exact) mass is 470 g/mol. The highest BCUT2D eigenvalue weighted by molar-refractivity contribution is 9.10. The number of likely N-dealkylation sites (N-methyl/N-ethyl adjacent to an activating group) is 1. The van der Waals surface area contributed by atoms with Gasteiger partial charge in [0.15, 0.2) is 18.0 Å². The van der Waals surface area contributed by atoms with Crippen molar-refractivity contribution in [2.75, 3.05) is 7.05 Å². The number of halogens is 2. The largest absolute Gasteiger partial charge is 0.423 e. The Balaban J connectivity index is 1.43. The van der Waals surface area contributed by atoms with Crippen molar-refractivity contribution in [2.24, 2.45) is 4.99 Å². The summed E-state index contributed by atoms with van der Waals surface area (Å²) in [5.41, 5.74) is 1.51. The van der Waals surface area contributed by atoms with E-state index in [9.17, 15) is 14.0 Å². The summed E-state index contributed by atoms with van der Waals surface area (Å²) >= 11 is 3.38. The van der Waals surface area contributed by atoms with E-state index in [0.29, 0.717) is 11.3 Å². The fraction of sp³-hybridized carbons (Fsp3) is 0.190. The van der Waals surface area contributed by atoms with Gasteiger partial charge >= 0.3 is 6.03 Å². The third kappa shape index (κ3) is 2.97. The van der Waals surface area contributed by atoms with Crippen molar-refractivity contribution in [2.45, 2.75) is 18.8 Å². The first-order valence-electron chi connectivity index (χ1n) is 9.27. The molecule has 0 bridgehead atoms. The van der Waals surface area contributed by atoms with Crippen molar-refractivity contribution in [1.82, 2.24) is 14.7 Å². The predicted octanol–water partition coefficient (Wildman–Crippen LogP) is 3.38. The standard InChI is InChI=1S/C21H16BrFN4O3/c1-25-18-17(19(28)27(21(25)29)10-12-2-6-14(22)7-3-12)26-11-16(30-20(26)24-18)13-4-8-15(23)9-5-13/h2-9,11,17-18H,10H2,1H3. The van der Waals surface area contributed by atoms with Crippen LogP contribution in [0.2, 0.25) is 0 Å². The van der Waals surface area contributed by atoms with Crippen LogP contribution in [-0.2, 0) is 16.1 Å². The highest BCUT2D eigenvalue weighted by Gasteiger charge is 2.54. The molecule has 0 spiro atoms. The van der Waals surface area contributed by atoms with Gasteiger partial charge in [-0.05, 0) is 42.0 Å². The highest BCUT2D eigenvalue weighted by Crippen LogP contribution is 2.35. The summed E-state index contributed by atoms with van der Waals surface area (Å²) < 4.78 is 19.9. The second-order valence-electron chi connectivity index (χ2n) is 7.22. The summed E-state index contributed by atoms with van der Waals surface area (Å²) in [4.78, 5) is 34.9. The molecule has 152 valence electrons. The molecule has 0 aliphatic carbocycles. The number of hydrogen-bond donors (Lipinski definition) is 0. The number of urea groups is 1. The maximum atomic E-state index is 13.3. The van der Waals surface area contributed by atoms with Gasteiger partial charge in [-0.25, -0.2) is 14.2 Å². The van der Waals surface area contributed by atoms with E-state index in [1.54, 1.807) is 30.3 Å². The number of imide groups is 1. The summed E-state index contributed by atoms with van der Waals surface area (Å²) in [6.45, 7) is 0.164. The van der Waals surface area contributed by atoms with Crippen molar-refractivity contribution >= 4 is 39.6 Å². The molecule has 9 heteroatoms. The van der Waals surface area contributed by atoms with Crippen molar-refractivity contribution < 1.29 is 18.7 Å². The molecular formula is C21H16BrFN4O3. The zero-order valence-electron chi connectivity index (χ0n) is 15.8. The lowest BCUT2D eigenvalue weighted by Crippen LogP contribution is -2.63. The number of fused-ring (bicyclic) bond motifs is 3. The van der Waals surface area contributed by atoms with E-state index < -0.39 is 18.2 Å². The summed E-state index contributed by atoms with van der Waals surface area (Å²) in [6.07, 6.45) is 1.02. The Morgan fingerprint density at radius 2 is 1.80 bits per heavy atom. The lowest BCUT2D eigenvalue weighted by atomic mass is 10.1. The smallest absolute Gasteiger partial charge is 0.328 e. The molecule has 1 fully saturated rings. The number of aliphatic imine (C=N–C) groups is 1. The predicted molar refractivity (Wildman–Crippen MR) is 110 cm³/mol. The second-order valence-corrected chi connectivity index (χ2v) is 8.14. The molecule has 3 aliphatic heterocycles. The molecular weight excluding hydrogens is 455 g/mol. The maximum Gasteiger partial charge on any atom is 0.328 e. The number of carbonyl (C=O) groups excluding carboxylic acids is 2. The fourth-order valence-electron chi connectivity index (χ4n) is 3.75. The third-order valence-electron chi connectivity index (χ3n) is 5.33. The molecule has 2 aromatic rings. The van der Waals surface area contributed by atoms with Crippen LogP contribution in [0.15, 0.2) is 64.2 Å². The van der Waals surface area contributed by atoms with Crippen molar-refractivity contribution in [3.63, 3.8) is 0 Å². The zero-order chi connectivity index (χ0) is 21.0. The Kier molecular flexibility index (Phi) is 4.35. The topological polar surface area (TPSA) is 65.5 Å². The molecule has 0 aromatic heterocycles. The first-order valence-corrected chi connectivity index (χ1v) is 10.1. The number of nitrogens with zero attached hydrogens (tertiary/aromatic N) is 4. The molecule has 3 aliphatic rings. The molecule has 0 N–H and O–H groups in total. The van der Waals surface area contributed by atoms with Crippen molar-refractivity contribution in [3.05, 3.63) is 76.1 Å². The number of amides is 3. The lowest BCUT2D eigenvalue weighted by molar-refractivity contribution is -0.137. The number of ether oxygens (including phenoxy) is 1. The van der Waals surface area contributed by atoms with Crippen LogP contribution in [0.25, 0.3) is 5.76 Å². The number of carbonyl (C=O) groups is 2. The van der Waals surface area contributed by atoms with Crippen molar-refractivity contribution in [3.8, 4) is 0 Å². The van der Waals surface area contributed by atoms with Gasteiger partial charge in [0.2, 0.25) is 0 Å². The van der Waals surface area contributed by atoms with E-state index in [-0.39, 0.29) is 24.3 Å². The minimum absolute atomic E-state index is 0.164. The molecule has 5 rings (SSSR count). The van der Waals surface area contributed by atoms with Crippen LogP contribution in [-0.4, -0.2) is 51.9 Å². The molecule has 1 saturated heterocycles. The number of rotatable bonds is 3. The Morgan fingerprint density at radius 3 is 2.50 bits per heavy atom. The zero-order valence-corrected chi connectivity index (χ0v) is 17.4. The highest BCUT2D eigenvalue weighted by atomic mass is 79.9. The molecule has 2 atom stereocenters. The summed E-state index contributed by atoms with van der Waals surface area (Å²) in [7, 11) is 1.62. The molecule has 0 radical (unpaired) electrons. The van der Waals surface area contributed by atoms with E-state index in [1.807, 2.05) is 24.3 Å². The Hall–Kier alpha value is -3.20. The van der Waals surface area contributed by atoms with Crippen molar-refractivity contribution in [1.29, 1.82) is 0 Å². The van der Waals surface area contributed by atoms with Crippen LogP contribution < -0.4 is 0 Å². The Bertz CT molecular complexity index is 1100. The van der Waals surface area contributed by atoms with Gasteiger partial charge in [0.05, 0.1) is 12.7 Å². The van der Waals surface area contributed by atoms with Gasteiger partial charge in [-0.15, -0.1) is 0 Å². The van der Waals surface area contributed by atoms with Crippen LogP contribution in [0.1, 0.15) is 11.1 Å². The molecule has 3 heterocycles. The second kappa shape index (κ2) is 6.94. The summed E-state index contributed by atoms with van der Waals surface area (Å²) in [5, 5.41) is 0. The maximum absolute atomic E-state index is 13.3. The quantitative estimate of drug-likeness (QED) is 0.689. The van der Waals surface area contributed by atoms with Crippen LogP contribution in [0.3, 0.4) is 0 Å². The fourth-order valence-corrected chi connectivity index (χ4v) is 4.01. The molecule has 7 nitrogen and oxygen atoms in total. The lowest BCUT2D eigenvalue weighted by Gasteiger charge is -2.39. The minimum atomic E-state index is -0.712. The van der Waals surface area contributed by atoms with Gasteiger partial charge in [-0.1, -0.05) is 28.1 Å². The van der Waals surface area contributed by atoms with Crippen LogP contribution >= 0.6 is 15.9 Å². The molecule has 2 unspecified atom stereocenters. The molecule has 0 saturated carbocycles. The first-order chi connectivity index (χ1) is 14.4. The molecule has 2 aromatic carbocycles. The van der Waals surface area contributed by atoms with Gasteiger partial charge in [-0.3, -0.25) is 14.6 Å². The third-order valence-corrected chi connectivity index (χ3v) is 5.86. The van der Waals surface area contributed by atoms with Gasteiger partial charge in [0, 0.05) is 17.1 Å². The average molecular weight is 471 g/mol. The number of benzene rings is 2. The van der Waals surface area contributed by atoms with Crippen LogP contribution in [0.5, 0.6) is 0 Å². The molecule has 3 amide bonds. The molecule has 30 heavy (non-hydrogen) atoms. The van der Waals surface area contributed by atoms with E-state index in [4.69, 9.17) is 4.74 Å². The normalized spacial score (nSPS) is 22.6. The summed E-state index contributed by atoms with van der Waals surface area (Å²) in [6, 6.07) is 12.5. The van der Waals surface area contributed by atoms with E-state index in [0.717, 1.165) is 10.0 Å². The van der Waals surface area contributed by atoms with E-state index in [1.165, 1.54) is 21.9 Å². The average Bonchev–Trinajstić information content (AvgIpc) is 3.30. The first kappa shape index (κ1) is 18.8. The van der Waals surface area contributed by atoms with Gasteiger partial charge < -0.3 is 9.64 Å². The van der Waals surface area contributed by atoms with Crippen LogP contribution in [0.4, 0.5) is 9.18 Å². The van der Waals surface area contributed by atoms with Gasteiger partial charge in [0.25, 0.3) is 11.9 Å². The van der Waals surface area contributed by atoms with Gasteiger partial charge in [-0.2, -0.15) is 0 Å². The van der Waals surface area contributed by atoms with E-state index in [2.05, 4.69) is 20.9 Å². The summed E-state index contributed by atoms with van der Waals surface area (Å²) in [5.74, 6) is -0.217. The SMILES string of the molecule is CN1C(=O)N(Cc2ccc(Br)cc2)C(=O)C2C1N=C1OC(c3ccc(F)cc3)=CN12. The van der Waals surface area contributed by atoms with Gasteiger partial charge in [0.1, 0.15) is 5.82 Å². The minimum Gasteiger partial charge on any atom is -0.423 e. The number of amidine groups is 1. The Labute approximate surface area is 180 Å². The van der Waals surface area contributed by atoms with Crippen LogP contribution in [0, 0.1) is 5.82 Å². The van der Waals surface area contributed by atoms with E-state index >= 15 is 0 Å².